The third kappa shape index (κ3) is 4.20. The Morgan fingerprint density at radius 1 is 1.08 bits per heavy atom. The second kappa shape index (κ2) is 9.82. The van der Waals surface area contributed by atoms with Gasteiger partial charge in [-0.15, -0.1) is 16.8 Å². The highest BCUT2D eigenvalue weighted by atomic mass is 32.2. The van der Waals surface area contributed by atoms with Gasteiger partial charge in [0, 0.05) is 24.3 Å². The van der Waals surface area contributed by atoms with Crippen LogP contribution in [0.25, 0.3) is 22.4 Å². The van der Waals surface area contributed by atoms with Crippen LogP contribution in [0.2, 0.25) is 0 Å². The molecule has 0 atom stereocenters. The summed E-state index contributed by atoms with van der Waals surface area (Å²) in [6, 6.07) is 17.2. The number of rotatable bonds is 8. The van der Waals surface area contributed by atoms with Gasteiger partial charge in [0.05, 0.1) is 28.0 Å². The molecule has 9 nitrogen and oxygen atoms in total. The van der Waals surface area contributed by atoms with Gasteiger partial charge in [0.2, 0.25) is 11.7 Å². The molecular formula is C26H25N7O2S. The van der Waals surface area contributed by atoms with Crippen LogP contribution in [0.4, 0.5) is 0 Å². The number of hydrogen-bond donors (Lipinski definition) is 1. The molecule has 3 aromatic heterocycles. The van der Waals surface area contributed by atoms with Crippen LogP contribution < -0.4 is 10.9 Å². The molecule has 1 N–H and O–H groups in total. The van der Waals surface area contributed by atoms with Gasteiger partial charge in [0.25, 0.3) is 5.56 Å². The molecule has 0 aliphatic carbocycles. The molecule has 0 saturated carbocycles. The number of hydrogen-bond acceptors (Lipinski definition) is 6. The summed E-state index contributed by atoms with van der Waals surface area (Å²) in [7, 11) is 0. The lowest BCUT2D eigenvalue weighted by atomic mass is 10.2. The topological polar surface area (TPSA) is 99.1 Å². The van der Waals surface area contributed by atoms with Crippen molar-refractivity contribution < 1.29 is 4.79 Å². The van der Waals surface area contributed by atoms with Crippen molar-refractivity contribution in [2.75, 3.05) is 5.75 Å². The van der Waals surface area contributed by atoms with Crippen LogP contribution in [0.15, 0.2) is 77.2 Å². The zero-order chi connectivity index (χ0) is 25.2. The van der Waals surface area contributed by atoms with Crippen molar-refractivity contribution in [2.45, 2.75) is 32.1 Å². The van der Waals surface area contributed by atoms with Gasteiger partial charge in [-0.3, -0.25) is 18.6 Å². The molecule has 0 aliphatic rings. The van der Waals surface area contributed by atoms with Gasteiger partial charge >= 0.3 is 0 Å². The maximum Gasteiger partial charge on any atom is 0.263 e. The Morgan fingerprint density at radius 2 is 1.83 bits per heavy atom. The van der Waals surface area contributed by atoms with E-state index in [0.717, 1.165) is 22.6 Å². The van der Waals surface area contributed by atoms with Gasteiger partial charge in [-0.05, 0) is 38.1 Å². The quantitative estimate of drug-likeness (QED) is 0.259. The van der Waals surface area contributed by atoms with Gasteiger partial charge < -0.3 is 5.32 Å². The number of allylic oxidation sites excluding steroid dienone is 1. The standard InChI is InChI=1S/C26H25N7O2S/c1-4-14-31-24(35)20-12-8-9-13-22(20)32-25(31)28-29-26(32)36-16-23(34)27-15-21-17(2)30-33(18(21)3)19-10-6-5-7-11-19/h4-13H,1,14-16H2,2-3H3,(H,27,34). The maximum absolute atomic E-state index is 12.9. The van der Waals surface area contributed by atoms with Crippen molar-refractivity contribution in [3.05, 3.63) is 94.6 Å². The zero-order valence-electron chi connectivity index (χ0n) is 20.0. The molecule has 182 valence electrons. The van der Waals surface area contributed by atoms with Gasteiger partial charge in [-0.25, -0.2) is 4.68 Å². The fourth-order valence-corrected chi connectivity index (χ4v) is 5.01. The monoisotopic (exact) mass is 499 g/mol. The van der Waals surface area contributed by atoms with E-state index in [2.05, 4.69) is 27.2 Å². The zero-order valence-corrected chi connectivity index (χ0v) is 20.8. The van der Waals surface area contributed by atoms with Crippen LogP contribution in [0.3, 0.4) is 0 Å². The van der Waals surface area contributed by atoms with Crippen LogP contribution >= 0.6 is 11.8 Å². The van der Waals surface area contributed by atoms with Gasteiger partial charge in [0.1, 0.15) is 0 Å². The lowest BCUT2D eigenvalue weighted by molar-refractivity contribution is -0.118. The van der Waals surface area contributed by atoms with Crippen LogP contribution in [-0.4, -0.2) is 40.6 Å². The molecule has 10 heteroatoms. The van der Waals surface area contributed by atoms with Crippen LogP contribution in [0, 0.1) is 13.8 Å². The van der Waals surface area contributed by atoms with Crippen LogP contribution in [0.5, 0.6) is 0 Å². The predicted molar refractivity (Wildman–Crippen MR) is 141 cm³/mol. The largest absolute Gasteiger partial charge is 0.351 e. The Morgan fingerprint density at radius 3 is 2.61 bits per heavy atom. The van der Waals surface area contributed by atoms with Crippen molar-refractivity contribution in [2.24, 2.45) is 0 Å². The predicted octanol–water partition coefficient (Wildman–Crippen LogP) is 3.44. The number of benzene rings is 2. The van der Waals surface area contributed by atoms with Crippen molar-refractivity contribution in [3.8, 4) is 5.69 Å². The van der Waals surface area contributed by atoms with E-state index in [4.69, 9.17) is 0 Å². The van der Waals surface area contributed by atoms with Gasteiger partial charge in [-0.2, -0.15) is 5.10 Å². The second-order valence-electron chi connectivity index (χ2n) is 8.30. The lowest BCUT2D eigenvalue weighted by Gasteiger charge is -2.10. The average molecular weight is 500 g/mol. The summed E-state index contributed by atoms with van der Waals surface area (Å²) in [5, 5.41) is 17.2. The van der Waals surface area contributed by atoms with Crippen molar-refractivity contribution in [1.29, 1.82) is 0 Å². The van der Waals surface area contributed by atoms with Crippen molar-refractivity contribution in [3.63, 3.8) is 0 Å². The molecule has 2 aromatic carbocycles. The number of fused-ring (bicyclic) bond motifs is 3. The molecule has 0 bridgehead atoms. The number of thioether (sulfide) groups is 1. The number of carbonyl (C=O) groups is 1. The molecule has 3 heterocycles. The minimum Gasteiger partial charge on any atom is -0.351 e. The van der Waals surface area contributed by atoms with E-state index < -0.39 is 0 Å². The number of aryl methyl sites for hydroxylation is 1. The molecule has 5 aromatic rings. The summed E-state index contributed by atoms with van der Waals surface area (Å²) in [6.07, 6.45) is 1.65. The third-order valence-electron chi connectivity index (χ3n) is 6.03. The molecule has 1 amide bonds. The van der Waals surface area contributed by atoms with Gasteiger partial charge in [-0.1, -0.05) is 48.2 Å². The van der Waals surface area contributed by atoms with E-state index in [1.165, 1.54) is 16.3 Å². The highest BCUT2D eigenvalue weighted by Gasteiger charge is 2.18. The normalized spacial score (nSPS) is 11.3. The Balaban J connectivity index is 1.34. The highest BCUT2D eigenvalue weighted by molar-refractivity contribution is 7.99. The molecule has 5 rings (SSSR count). The lowest BCUT2D eigenvalue weighted by Crippen LogP contribution is -2.25. The maximum atomic E-state index is 12.9. The van der Waals surface area contributed by atoms with E-state index in [-0.39, 0.29) is 17.2 Å². The molecule has 0 fully saturated rings. The van der Waals surface area contributed by atoms with Crippen molar-refractivity contribution in [1.82, 2.24) is 34.3 Å². The summed E-state index contributed by atoms with van der Waals surface area (Å²) < 4.78 is 5.24. The number of aromatic nitrogens is 6. The average Bonchev–Trinajstić information content (AvgIpc) is 3.45. The number of para-hydroxylation sites is 2. The van der Waals surface area contributed by atoms with Crippen molar-refractivity contribution >= 4 is 34.3 Å². The van der Waals surface area contributed by atoms with Crippen LogP contribution in [-0.2, 0) is 17.9 Å². The first-order valence-electron chi connectivity index (χ1n) is 11.5. The Labute approximate surface area is 211 Å². The fraction of sp³-hybridized carbons (Fsp3) is 0.192. The molecule has 0 radical (unpaired) electrons. The molecule has 36 heavy (non-hydrogen) atoms. The van der Waals surface area contributed by atoms with Crippen LogP contribution in [0.1, 0.15) is 17.0 Å². The summed E-state index contributed by atoms with van der Waals surface area (Å²) in [5.74, 6) is 0.438. The van der Waals surface area contributed by atoms with E-state index in [1.807, 2.05) is 71.5 Å². The second-order valence-corrected chi connectivity index (χ2v) is 9.24. The van der Waals surface area contributed by atoms with E-state index in [0.29, 0.717) is 34.9 Å². The number of nitrogens with one attached hydrogen (secondary N) is 1. The SMILES string of the molecule is C=CCn1c(=O)c2ccccc2n2c(SCC(=O)NCc3c(C)nn(-c4ccccc4)c3C)nnc12. The van der Waals surface area contributed by atoms with E-state index in [9.17, 15) is 9.59 Å². The van der Waals surface area contributed by atoms with E-state index >= 15 is 0 Å². The van der Waals surface area contributed by atoms with E-state index in [1.54, 1.807) is 12.1 Å². The number of amides is 1. The summed E-state index contributed by atoms with van der Waals surface area (Å²) in [5.41, 5.74) is 4.38. The number of nitrogens with zero attached hydrogens (tertiary/aromatic N) is 6. The Kier molecular flexibility index (Phi) is 6.43. The Hall–Kier alpha value is -4.18. The molecule has 0 aliphatic heterocycles. The minimum atomic E-state index is -0.151. The molecule has 0 unspecified atom stereocenters. The molecule has 0 spiro atoms. The molecule has 0 saturated heterocycles. The van der Waals surface area contributed by atoms with Gasteiger partial charge in [0.15, 0.2) is 5.16 Å². The molecular weight excluding hydrogens is 474 g/mol. The highest BCUT2D eigenvalue weighted by Crippen LogP contribution is 2.22. The smallest absolute Gasteiger partial charge is 0.263 e. The summed E-state index contributed by atoms with van der Waals surface area (Å²) >= 11 is 1.27. The first-order chi connectivity index (χ1) is 17.5. The first-order valence-corrected chi connectivity index (χ1v) is 12.5. The fourth-order valence-electron chi connectivity index (χ4n) is 4.24. The summed E-state index contributed by atoms with van der Waals surface area (Å²) in [4.78, 5) is 25.7. The summed E-state index contributed by atoms with van der Waals surface area (Å²) in [6.45, 7) is 8.38. The first kappa shape index (κ1) is 23.6. The number of carbonyl (C=O) groups excluding carboxylic acids is 1. The Bertz CT molecular complexity index is 1650. The minimum absolute atomic E-state index is 0.133. The third-order valence-corrected chi connectivity index (χ3v) is 6.96.